The monoisotopic (exact) mass is 343 g/mol. The third kappa shape index (κ3) is 7.39. The molecule has 114 valence electrons. The summed E-state index contributed by atoms with van der Waals surface area (Å²) >= 11 is 3.63. The first-order valence-electron chi connectivity index (χ1n) is 7.28. The standard InChI is InChI=1S/C16H26BrNO2/c1-3-18-13-14(8-9-20-11-10-19-2)12-15-6-4-5-7-16(15)17/h4-7,14,18H,3,8-13H2,1-2H3. The molecule has 4 heteroatoms. The van der Waals surface area contributed by atoms with Gasteiger partial charge in [-0.1, -0.05) is 41.1 Å². The molecule has 1 N–H and O–H groups in total. The van der Waals surface area contributed by atoms with Crippen molar-refractivity contribution in [2.75, 3.05) is 40.0 Å². The van der Waals surface area contributed by atoms with Crippen LogP contribution in [0.1, 0.15) is 18.9 Å². The number of halogens is 1. The third-order valence-electron chi connectivity index (χ3n) is 3.25. The van der Waals surface area contributed by atoms with Gasteiger partial charge < -0.3 is 14.8 Å². The topological polar surface area (TPSA) is 30.5 Å². The average molecular weight is 344 g/mol. The molecule has 0 radical (unpaired) electrons. The van der Waals surface area contributed by atoms with Crippen molar-refractivity contribution >= 4 is 15.9 Å². The lowest BCUT2D eigenvalue weighted by Gasteiger charge is -2.18. The first-order chi connectivity index (χ1) is 9.77. The van der Waals surface area contributed by atoms with Crippen molar-refractivity contribution in [3.8, 4) is 0 Å². The van der Waals surface area contributed by atoms with Gasteiger partial charge in [0.15, 0.2) is 0 Å². The van der Waals surface area contributed by atoms with Gasteiger partial charge in [-0.15, -0.1) is 0 Å². The highest BCUT2D eigenvalue weighted by Gasteiger charge is 2.11. The summed E-state index contributed by atoms with van der Waals surface area (Å²) in [6, 6.07) is 8.45. The van der Waals surface area contributed by atoms with Gasteiger partial charge in [0.1, 0.15) is 0 Å². The zero-order chi connectivity index (χ0) is 14.6. The third-order valence-corrected chi connectivity index (χ3v) is 4.03. The van der Waals surface area contributed by atoms with Gasteiger partial charge in [0.05, 0.1) is 13.2 Å². The maximum atomic E-state index is 5.59. The van der Waals surface area contributed by atoms with Gasteiger partial charge >= 0.3 is 0 Å². The van der Waals surface area contributed by atoms with E-state index in [1.54, 1.807) is 7.11 Å². The summed E-state index contributed by atoms with van der Waals surface area (Å²) in [4.78, 5) is 0. The van der Waals surface area contributed by atoms with E-state index in [9.17, 15) is 0 Å². The van der Waals surface area contributed by atoms with E-state index in [-0.39, 0.29) is 0 Å². The molecule has 0 saturated carbocycles. The fourth-order valence-corrected chi connectivity index (χ4v) is 2.54. The molecule has 0 bridgehead atoms. The fraction of sp³-hybridized carbons (Fsp3) is 0.625. The highest BCUT2D eigenvalue weighted by Crippen LogP contribution is 2.20. The first kappa shape index (κ1) is 17.6. The molecule has 0 amide bonds. The van der Waals surface area contributed by atoms with Crippen LogP contribution in [0.15, 0.2) is 28.7 Å². The normalized spacial score (nSPS) is 12.6. The van der Waals surface area contributed by atoms with Gasteiger partial charge in [0.2, 0.25) is 0 Å². The minimum Gasteiger partial charge on any atom is -0.382 e. The van der Waals surface area contributed by atoms with E-state index >= 15 is 0 Å². The van der Waals surface area contributed by atoms with Crippen molar-refractivity contribution in [3.63, 3.8) is 0 Å². The van der Waals surface area contributed by atoms with E-state index in [1.807, 2.05) is 0 Å². The smallest absolute Gasteiger partial charge is 0.0700 e. The molecule has 3 nitrogen and oxygen atoms in total. The van der Waals surface area contributed by atoms with Crippen LogP contribution in [-0.2, 0) is 15.9 Å². The van der Waals surface area contributed by atoms with Crippen LogP contribution in [0.25, 0.3) is 0 Å². The van der Waals surface area contributed by atoms with Crippen molar-refractivity contribution in [2.45, 2.75) is 19.8 Å². The Kier molecular flexibility index (Phi) is 9.93. The molecule has 1 aromatic rings. The lowest BCUT2D eigenvalue weighted by atomic mass is 9.96. The second kappa shape index (κ2) is 11.3. The maximum Gasteiger partial charge on any atom is 0.0700 e. The molecule has 1 aromatic carbocycles. The number of rotatable bonds is 11. The summed E-state index contributed by atoms with van der Waals surface area (Å²) < 4.78 is 11.8. The molecule has 1 rings (SSSR count). The quantitative estimate of drug-likeness (QED) is 0.625. The van der Waals surface area contributed by atoms with Crippen LogP contribution < -0.4 is 5.32 Å². The van der Waals surface area contributed by atoms with Crippen LogP contribution in [-0.4, -0.2) is 40.0 Å². The number of benzene rings is 1. The molecule has 0 aliphatic heterocycles. The largest absolute Gasteiger partial charge is 0.382 e. The predicted octanol–water partition coefficient (Wildman–Crippen LogP) is 3.27. The van der Waals surface area contributed by atoms with Crippen LogP contribution in [0.2, 0.25) is 0 Å². The van der Waals surface area contributed by atoms with Gasteiger partial charge in [-0.25, -0.2) is 0 Å². The van der Waals surface area contributed by atoms with E-state index in [2.05, 4.69) is 52.4 Å². The number of ether oxygens (including phenoxy) is 2. The molecule has 20 heavy (non-hydrogen) atoms. The Bertz CT molecular complexity index is 360. The van der Waals surface area contributed by atoms with Crippen LogP contribution in [0.3, 0.4) is 0 Å². The highest BCUT2D eigenvalue weighted by molar-refractivity contribution is 9.10. The molecular weight excluding hydrogens is 318 g/mol. The molecule has 1 unspecified atom stereocenters. The number of nitrogens with one attached hydrogen (secondary N) is 1. The van der Waals surface area contributed by atoms with E-state index in [4.69, 9.17) is 9.47 Å². The summed E-state index contributed by atoms with van der Waals surface area (Å²) in [7, 11) is 1.70. The summed E-state index contributed by atoms with van der Waals surface area (Å²) in [6.45, 7) is 6.33. The molecule has 0 aliphatic rings. The number of hydrogen-bond donors (Lipinski definition) is 1. The Labute approximate surface area is 131 Å². The Hall–Kier alpha value is -0.420. The maximum absolute atomic E-state index is 5.59. The van der Waals surface area contributed by atoms with E-state index < -0.39 is 0 Å². The molecule has 1 atom stereocenters. The van der Waals surface area contributed by atoms with Crippen molar-refractivity contribution in [2.24, 2.45) is 5.92 Å². The average Bonchev–Trinajstić information content (AvgIpc) is 2.46. The van der Waals surface area contributed by atoms with Gasteiger partial charge in [-0.3, -0.25) is 0 Å². The van der Waals surface area contributed by atoms with Gasteiger partial charge in [0, 0.05) is 18.2 Å². The van der Waals surface area contributed by atoms with Crippen molar-refractivity contribution in [3.05, 3.63) is 34.3 Å². The summed E-state index contributed by atoms with van der Waals surface area (Å²) in [5, 5.41) is 3.44. The molecule has 0 fully saturated rings. The zero-order valence-electron chi connectivity index (χ0n) is 12.5. The highest BCUT2D eigenvalue weighted by atomic mass is 79.9. The van der Waals surface area contributed by atoms with Crippen molar-refractivity contribution < 1.29 is 9.47 Å². The Balaban J connectivity index is 2.41. The molecule has 0 aromatic heterocycles. The van der Waals surface area contributed by atoms with Crippen molar-refractivity contribution in [1.82, 2.24) is 5.32 Å². The lowest BCUT2D eigenvalue weighted by molar-refractivity contribution is 0.0636. The number of methoxy groups -OCH3 is 1. The molecule has 0 heterocycles. The zero-order valence-corrected chi connectivity index (χ0v) is 14.1. The minimum atomic E-state index is 0.594. The van der Waals surface area contributed by atoms with Crippen LogP contribution in [0, 0.1) is 5.92 Å². The fourth-order valence-electron chi connectivity index (χ4n) is 2.09. The lowest BCUT2D eigenvalue weighted by Crippen LogP contribution is -2.25. The van der Waals surface area contributed by atoms with Crippen LogP contribution >= 0.6 is 15.9 Å². The summed E-state index contributed by atoms with van der Waals surface area (Å²) in [5.41, 5.74) is 1.37. The molecular formula is C16H26BrNO2. The second-order valence-corrected chi connectivity index (χ2v) is 5.72. The minimum absolute atomic E-state index is 0.594. The van der Waals surface area contributed by atoms with Crippen molar-refractivity contribution in [1.29, 1.82) is 0 Å². The molecule has 0 spiro atoms. The van der Waals surface area contributed by atoms with Crippen LogP contribution in [0.4, 0.5) is 0 Å². The van der Waals surface area contributed by atoms with E-state index in [0.717, 1.165) is 32.5 Å². The Morgan fingerprint density at radius 3 is 2.70 bits per heavy atom. The molecule has 0 saturated heterocycles. The first-order valence-corrected chi connectivity index (χ1v) is 8.08. The van der Waals surface area contributed by atoms with Gasteiger partial charge in [-0.2, -0.15) is 0 Å². The van der Waals surface area contributed by atoms with Gasteiger partial charge in [-0.05, 0) is 43.5 Å². The molecule has 0 aliphatic carbocycles. The summed E-state index contributed by atoms with van der Waals surface area (Å²) in [5.74, 6) is 0.594. The number of hydrogen-bond acceptors (Lipinski definition) is 3. The SMILES string of the molecule is CCNCC(CCOCCOC)Cc1ccccc1Br. The predicted molar refractivity (Wildman–Crippen MR) is 87.2 cm³/mol. The van der Waals surface area contributed by atoms with Crippen LogP contribution in [0.5, 0.6) is 0 Å². The Morgan fingerprint density at radius 2 is 2.00 bits per heavy atom. The van der Waals surface area contributed by atoms with E-state index in [1.165, 1.54) is 10.0 Å². The summed E-state index contributed by atoms with van der Waals surface area (Å²) in [6.07, 6.45) is 2.14. The second-order valence-electron chi connectivity index (χ2n) is 4.86. The van der Waals surface area contributed by atoms with E-state index in [0.29, 0.717) is 19.1 Å². The van der Waals surface area contributed by atoms with Gasteiger partial charge in [0.25, 0.3) is 0 Å². The Morgan fingerprint density at radius 1 is 1.20 bits per heavy atom.